The van der Waals surface area contributed by atoms with E-state index in [2.05, 4.69) is 21.5 Å². The van der Waals surface area contributed by atoms with Crippen LogP contribution >= 0.6 is 0 Å². The molecule has 1 saturated heterocycles. The van der Waals surface area contributed by atoms with Crippen LogP contribution in [0.5, 0.6) is 0 Å². The number of aryl methyl sites for hydroxylation is 1. The fourth-order valence-electron chi connectivity index (χ4n) is 5.31. The SMILES string of the molecule is Cn1cc(C2CCCCN2C(=O)c2cccc(-c3cnc4c(c3)C3(CC3)CN4)c2F)cn1. The third-order valence-electron chi connectivity index (χ3n) is 7.32. The van der Waals surface area contributed by atoms with Crippen LogP contribution in [0.2, 0.25) is 0 Å². The number of halogens is 1. The molecule has 1 atom stereocenters. The van der Waals surface area contributed by atoms with Crippen LogP contribution in [0.1, 0.15) is 59.6 Å². The van der Waals surface area contributed by atoms with Gasteiger partial charge in [-0.05, 0) is 44.2 Å². The number of carbonyl (C=O) groups excluding carboxylic acids is 1. The van der Waals surface area contributed by atoms with Crippen molar-refractivity contribution in [1.82, 2.24) is 19.7 Å². The predicted molar refractivity (Wildman–Crippen MR) is 120 cm³/mol. The fourth-order valence-corrected chi connectivity index (χ4v) is 5.31. The van der Waals surface area contributed by atoms with E-state index in [0.29, 0.717) is 12.1 Å². The second kappa shape index (κ2) is 7.15. The zero-order chi connectivity index (χ0) is 21.9. The quantitative estimate of drug-likeness (QED) is 0.666. The molecule has 6 nitrogen and oxygen atoms in total. The van der Waals surface area contributed by atoms with Gasteiger partial charge in [0.2, 0.25) is 0 Å². The van der Waals surface area contributed by atoms with Gasteiger partial charge in [-0.15, -0.1) is 0 Å². The molecule has 1 aliphatic carbocycles. The number of nitrogens with zero attached hydrogens (tertiary/aromatic N) is 4. The van der Waals surface area contributed by atoms with Gasteiger partial charge >= 0.3 is 0 Å². The molecule has 0 radical (unpaired) electrons. The Morgan fingerprint density at radius 3 is 2.91 bits per heavy atom. The Kier molecular flexibility index (Phi) is 4.35. The Hall–Kier alpha value is -3.22. The van der Waals surface area contributed by atoms with Crippen molar-refractivity contribution in [3.63, 3.8) is 0 Å². The Labute approximate surface area is 186 Å². The van der Waals surface area contributed by atoms with E-state index in [0.717, 1.165) is 55.6 Å². The fraction of sp³-hybridized carbons (Fsp3) is 0.400. The summed E-state index contributed by atoms with van der Waals surface area (Å²) in [7, 11) is 1.87. The maximum atomic E-state index is 15.8. The molecule has 1 spiro atoms. The summed E-state index contributed by atoms with van der Waals surface area (Å²) in [6, 6.07) is 7.09. The van der Waals surface area contributed by atoms with Gasteiger partial charge in [-0.2, -0.15) is 5.10 Å². The highest BCUT2D eigenvalue weighted by Gasteiger charge is 2.49. The van der Waals surface area contributed by atoms with Crippen molar-refractivity contribution in [2.45, 2.75) is 43.6 Å². The minimum atomic E-state index is -0.467. The molecule has 2 fully saturated rings. The van der Waals surface area contributed by atoms with E-state index < -0.39 is 5.82 Å². The number of aromatic nitrogens is 3. The molecule has 7 heteroatoms. The number of fused-ring (bicyclic) bond motifs is 2. The molecular weight excluding hydrogens is 405 g/mol. The maximum Gasteiger partial charge on any atom is 0.257 e. The highest BCUT2D eigenvalue weighted by atomic mass is 19.1. The lowest BCUT2D eigenvalue weighted by Gasteiger charge is -2.35. The van der Waals surface area contributed by atoms with Crippen molar-refractivity contribution in [2.75, 3.05) is 18.4 Å². The molecule has 1 aromatic carbocycles. The largest absolute Gasteiger partial charge is 0.369 e. The number of carbonyl (C=O) groups is 1. The van der Waals surface area contributed by atoms with Gasteiger partial charge in [-0.1, -0.05) is 12.1 Å². The van der Waals surface area contributed by atoms with Crippen molar-refractivity contribution in [3.05, 3.63) is 65.4 Å². The van der Waals surface area contributed by atoms with Crippen molar-refractivity contribution < 1.29 is 9.18 Å². The number of benzene rings is 1. The summed E-state index contributed by atoms with van der Waals surface area (Å²) in [6.07, 6.45) is 10.6. The topological polar surface area (TPSA) is 63.1 Å². The molecule has 6 rings (SSSR count). The van der Waals surface area contributed by atoms with Gasteiger partial charge in [0.1, 0.15) is 11.6 Å². The van der Waals surface area contributed by atoms with Crippen LogP contribution in [0.15, 0.2) is 42.9 Å². The molecular formula is C25H26FN5O. The lowest BCUT2D eigenvalue weighted by atomic mass is 9.94. The summed E-state index contributed by atoms with van der Waals surface area (Å²) in [4.78, 5) is 19.9. The standard InChI is InChI=1S/C25H26FN5O/c1-30-14-17(13-29-30)21-7-2-3-10-31(21)24(32)19-6-4-5-18(22(19)26)16-11-20-23(27-12-16)28-15-25(20)8-9-25/h4-6,11-14,21H,2-3,7-10,15H2,1H3,(H,27,28). The average Bonchev–Trinajstić information content (AvgIpc) is 3.34. The minimum Gasteiger partial charge on any atom is -0.369 e. The number of likely N-dealkylation sites (tertiary alicyclic amines) is 1. The second-order valence-corrected chi connectivity index (χ2v) is 9.38. The summed E-state index contributed by atoms with van der Waals surface area (Å²) in [5, 5.41) is 7.64. The number of pyridine rings is 1. The zero-order valence-corrected chi connectivity index (χ0v) is 18.1. The van der Waals surface area contributed by atoms with Crippen LogP contribution in [0.3, 0.4) is 0 Å². The molecule has 3 aromatic rings. The van der Waals surface area contributed by atoms with Gasteiger partial charge in [0.25, 0.3) is 5.91 Å². The van der Waals surface area contributed by atoms with E-state index >= 15 is 4.39 Å². The van der Waals surface area contributed by atoms with Crippen LogP contribution in [-0.2, 0) is 12.5 Å². The predicted octanol–water partition coefficient (Wildman–Crippen LogP) is 4.45. The van der Waals surface area contributed by atoms with Crippen LogP contribution in [0, 0.1) is 5.82 Å². The number of hydrogen-bond acceptors (Lipinski definition) is 4. The number of rotatable bonds is 3. The van der Waals surface area contributed by atoms with Gasteiger partial charge in [-0.25, -0.2) is 9.37 Å². The molecule has 1 amide bonds. The molecule has 0 bridgehead atoms. The Morgan fingerprint density at radius 1 is 1.25 bits per heavy atom. The van der Waals surface area contributed by atoms with E-state index in [-0.39, 0.29) is 22.9 Å². The van der Waals surface area contributed by atoms with Gasteiger partial charge in [0.15, 0.2) is 0 Å². The number of hydrogen-bond donors (Lipinski definition) is 1. The maximum absolute atomic E-state index is 15.8. The minimum absolute atomic E-state index is 0.0736. The van der Waals surface area contributed by atoms with Crippen molar-refractivity contribution in [3.8, 4) is 11.1 Å². The number of nitrogens with one attached hydrogen (secondary N) is 1. The van der Waals surface area contributed by atoms with Gasteiger partial charge < -0.3 is 10.2 Å². The summed E-state index contributed by atoms with van der Waals surface area (Å²) in [6.45, 7) is 1.53. The molecule has 1 saturated carbocycles. The monoisotopic (exact) mass is 431 g/mol. The summed E-state index contributed by atoms with van der Waals surface area (Å²) in [5.41, 5.74) is 3.64. The van der Waals surface area contributed by atoms with Gasteiger partial charge in [0, 0.05) is 60.2 Å². The lowest BCUT2D eigenvalue weighted by molar-refractivity contribution is 0.0607. The number of anilines is 1. The Morgan fingerprint density at radius 2 is 2.12 bits per heavy atom. The first-order valence-electron chi connectivity index (χ1n) is 11.4. The van der Waals surface area contributed by atoms with Crippen LogP contribution < -0.4 is 5.32 Å². The van der Waals surface area contributed by atoms with Crippen molar-refractivity contribution >= 4 is 11.7 Å². The molecule has 2 aliphatic heterocycles. The van der Waals surface area contributed by atoms with Gasteiger partial charge in [-0.3, -0.25) is 9.48 Å². The third-order valence-corrected chi connectivity index (χ3v) is 7.32. The molecule has 1 unspecified atom stereocenters. The molecule has 4 heterocycles. The average molecular weight is 432 g/mol. The second-order valence-electron chi connectivity index (χ2n) is 9.38. The first kappa shape index (κ1) is 19.5. The van der Waals surface area contributed by atoms with Crippen LogP contribution in [-0.4, -0.2) is 38.7 Å². The van der Waals surface area contributed by atoms with E-state index in [9.17, 15) is 4.79 Å². The molecule has 3 aliphatic rings. The first-order valence-corrected chi connectivity index (χ1v) is 11.4. The number of piperidine rings is 1. The lowest BCUT2D eigenvalue weighted by Crippen LogP contribution is -2.38. The van der Waals surface area contributed by atoms with E-state index in [1.54, 1.807) is 35.3 Å². The highest BCUT2D eigenvalue weighted by Crippen LogP contribution is 2.54. The van der Waals surface area contributed by atoms with E-state index in [4.69, 9.17) is 0 Å². The molecule has 164 valence electrons. The highest BCUT2D eigenvalue weighted by molar-refractivity contribution is 5.96. The summed E-state index contributed by atoms with van der Waals surface area (Å²) >= 11 is 0. The first-order chi connectivity index (χ1) is 15.6. The van der Waals surface area contributed by atoms with Crippen molar-refractivity contribution in [2.24, 2.45) is 7.05 Å². The smallest absolute Gasteiger partial charge is 0.257 e. The normalized spacial score (nSPS) is 20.8. The Balaban J connectivity index is 1.35. The van der Waals surface area contributed by atoms with E-state index in [1.165, 1.54) is 5.56 Å². The molecule has 1 N–H and O–H groups in total. The van der Waals surface area contributed by atoms with Crippen molar-refractivity contribution in [1.29, 1.82) is 0 Å². The summed E-state index contributed by atoms with van der Waals surface area (Å²) < 4.78 is 17.5. The zero-order valence-electron chi connectivity index (χ0n) is 18.1. The van der Waals surface area contributed by atoms with Crippen LogP contribution in [0.4, 0.5) is 10.2 Å². The Bertz CT molecular complexity index is 1210. The van der Waals surface area contributed by atoms with Crippen LogP contribution in [0.25, 0.3) is 11.1 Å². The van der Waals surface area contributed by atoms with E-state index in [1.807, 2.05) is 18.1 Å². The third kappa shape index (κ3) is 3.02. The molecule has 32 heavy (non-hydrogen) atoms. The molecule has 2 aromatic heterocycles. The number of amides is 1. The summed E-state index contributed by atoms with van der Waals surface area (Å²) in [5.74, 6) is 0.185. The van der Waals surface area contributed by atoms with Gasteiger partial charge in [0.05, 0.1) is 17.8 Å².